The maximum Gasteiger partial charge on any atom is 0.258 e. The Morgan fingerprint density at radius 1 is 1.07 bits per heavy atom. The normalized spacial score (nSPS) is 33.0. The molecule has 6 rings (SSSR count). The van der Waals surface area contributed by atoms with Crippen LogP contribution < -0.4 is 5.32 Å². The zero-order chi connectivity index (χ0) is 20.9. The van der Waals surface area contributed by atoms with Crippen LogP contribution in [0.2, 0.25) is 5.02 Å². The highest BCUT2D eigenvalue weighted by atomic mass is 35.5. The van der Waals surface area contributed by atoms with Gasteiger partial charge >= 0.3 is 0 Å². The lowest BCUT2D eigenvalue weighted by molar-refractivity contribution is -0.130. The molecule has 5 aliphatic rings. The number of carbonyl (C=O) groups is 2. The molecule has 0 atom stereocenters. The molecule has 5 fully saturated rings. The lowest BCUT2D eigenvalue weighted by Crippen LogP contribution is -2.50. The first-order valence-electron chi connectivity index (χ1n) is 11.4. The molecule has 162 valence electrons. The zero-order valence-electron chi connectivity index (χ0n) is 17.3. The molecule has 0 aromatic heterocycles. The quantitative estimate of drug-likeness (QED) is 0.742. The summed E-state index contributed by atoms with van der Waals surface area (Å²) >= 11 is 6.04. The molecule has 6 heteroatoms. The van der Waals surface area contributed by atoms with Crippen molar-refractivity contribution in [3.63, 3.8) is 0 Å². The topological polar surface area (TPSA) is 49.4 Å². The van der Waals surface area contributed by atoms with Gasteiger partial charge in [0, 0.05) is 25.6 Å². The third kappa shape index (κ3) is 3.86. The fraction of sp³-hybridized carbons (Fsp3) is 0.667. The highest BCUT2D eigenvalue weighted by molar-refractivity contribution is 6.33. The zero-order valence-corrected chi connectivity index (χ0v) is 18.1. The molecular formula is C24H30ClFN2O2. The van der Waals surface area contributed by atoms with E-state index in [4.69, 9.17) is 11.6 Å². The molecule has 0 radical (unpaired) electrons. The number of nitrogens with one attached hydrogen (secondary N) is 1. The van der Waals surface area contributed by atoms with Crippen molar-refractivity contribution in [2.24, 2.45) is 23.2 Å². The van der Waals surface area contributed by atoms with Crippen molar-refractivity contribution >= 4 is 23.4 Å². The van der Waals surface area contributed by atoms with Crippen LogP contribution in [-0.2, 0) is 4.79 Å². The summed E-state index contributed by atoms with van der Waals surface area (Å²) in [5.41, 5.74) is 0.195. The van der Waals surface area contributed by atoms with Crippen molar-refractivity contribution in [3.05, 3.63) is 34.6 Å². The van der Waals surface area contributed by atoms with Crippen LogP contribution in [0.1, 0.15) is 68.1 Å². The van der Waals surface area contributed by atoms with Gasteiger partial charge in [-0.05, 0) is 86.7 Å². The molecule has 1 aliphatic heterocycles. The Balaban J connectivity index is 1.14. The van der Waals surface area contributed by atoms with Gasteiger partial charge in [-0.2, -0.15) is 0 Å². The number of amides is 2. The molecule has 0 unspecified atom stereocenters. The minimum atomic E-state index is -0.585. The molecule has 1 N–H and O–H groups in total. The summed E-state index contributed by atoms with van der Waals surface area (Å²) in [6.45, 7) is 1.01. The third-order valence-corrected chi connectivity index (χ3v) is 8.34. The van der Waals surface area contributed by atoms with Crippen LogP contribution in [0.25, 0.3) is 0 Å². The first kappa shape index (κ1) is 20.3. The second-order valence-electron chi connectivity index (χ2n) is 10.3. The number of nitrogens with zero attached hydrogens (tertiary/aromatic N) is 1. The minimum Gasteiger partial charge on any atom is -0.353 e. The van der Waals surface area contributed by atoms with Crippen molar-refractivity contribution in [3.8, 4) is 0 Å². The number of benzene rings is 1. The van der Waals surface area contributed by atoms with Crippen LogP contribution in [0.15, 0.2) is 18.2 Å². The molecule has 1 saturated heterocycles. The maximum atomic E-state index is 14.1. The Morgan fingerprint density at radius 3 is 2.23 bits per heavy atom. The SMILES string of the molecule is O=C(CC12CC3CC(CC(C3)C1)C2)NC1CCN(C(=O)c2c(F)cccc2Cl)CC1. The van der Waals surface area contributed by atoms with Crippen molar-refractivity contribution < 1.29 is 14.0 Å². The van der Waals surface area contributed by atoms with E-state index in [1.54, 1.807) is 4.90 Å². The number of likely N-dealkylation sites (tertiary alicyclic amines) is 1. The summed E-state index contributed by atoms with van der Waals surface area (Å²) in [6.07, 6.45) is 9.95. The lowest BCUT2D eigenvalue weighted by atomic mass is 9.49. The summed E-state index contributed by atoms with van der Waals surface area (Å²) in [5, 5.41) is 3.38. The number of hydrogen-bond donors (Lipinski definition) is 1. The van der Waals surface area contributed by atoms with Crippen molar-refractivity contribution in [1.82, 2.24) is 10.2 Å². The standard InChI is InChI=1S/C24H30ClFN2O2/c25-19-2-1-3-20(26)22(19)23(30)28-6-4-18(5-7-28)27-21(29)14-24-11-15-8-16(12-24)10-17(9-15)13-24/h1-3,15-18H,4-14H2,(H,27,29). The van der Waals surface area contributed by atoms with Crippen LogP contribution in [0.4, 0.5) is 4.39 Å². The van der Waals surface area contributed by atoms with Gasteiger partial charge in [0.1, 0.15) is 5.82 Å². The highest BCUT2D eigenvalue weighted by Crippen LogP contribution is 2.61. The van der Waals surface area contributed by atoms with Crippen molar-refractivity contribution in [1.29, 1.82) is 0 Å². The highest BCUT2D eigenvalue weighted by Gasteiger charge is 2.51. The van der Waals surface area contributed by atoms with Gasteiger partial charge in [0.2, 0.25) is 5.91 Å². The largest absolute Gasteiger partial charge is 0.353 e. The predicted octanol–water partition coefficient (Wildman–Crippen LogP) is 4.81. The van der Waals surface area contributed by atoms with Gasteiger partial charge in [0.25, 0.3) is 5.91 Å². The van der Waals surface area contributed by atoms with Crippen LogP contribution in [-0.4, -0.2) is 35.8 Å². The average molecular weight is 433 g/mol. The van der Waals surface area contributed by atoms with Gasteiger partial charge in [-0.15, -0.1) is 0 Å². The Hall–Kier alpha value is -1.62. The second kappa shape index (κ2) is 7.81. The summed E-state index contributed by atoms with van der Waals surface area (Å²) in [4.78, 5) is 27.2. The molecule has 4 nitrogen and oxygen atoms in total. The number of rotatable bonds is 4. The van der Waals surface area contributed by atoms with Gasteiger partial charge in [-0.1, -0.05) is 17.7 Å². The van der Waals surface area contributed by atoms with Crippen molar-refractivity contribution in [2.45, 2.75) is 63.8 Å². The molecule has 4 aliphatic carbocycles. The summed E-state index contributed by atoms with van der Waals surface area (Å²) < 4.78 is 14.1. The summed E-state index contributed by atoms with van der Waals surface area (Å²) in [6, 6.07) is 4.39. The number of carbonyl (C=O) groups excluding carboxylic acids is 2. The maximum absolute atomic E-state index is 14.1. The summed E-state index contributed by atoms with van der Waals surface area (Å²) in [5.74, 6) is 1.78. The lowest BCUT2D eigenvalue weighted by Gasteiger charge is -2.56. The van der Waals surface area contributed by atoms with E-state index in [1.165, 1.54) is 56.7 Å². The fourth-order valence-electron chi connectivity index (χ4n) is 7.21. The van der Waals surface area contributed by atoms with E-state index >= 15 is 0 Å². The Kier molecular flexibility index (Phi) is 5.29. The molecule has 30 heavy (non-hydrogen) atoms. The van der Waals surface area contributed by atoms with Gasteiger partial charge < -0.3 is 10.2 Å². The van der Waals surface area contributed by atoms with E-state index in [0.29, 0.717) is 32.4 Å². The minimum absolute atomic E-state index is 0.0523. The molecule has 1 aromatic rings. The smallest absolute Gasteiger partial charge is 0.258 e. The average Bonchev–Trinajstić information content (AvgIpc) is 2.66. The van der Waals surface area contributed by atoms with Gasteiger partial charge in [0.05, 0.1) is 10.6 Å². The van der Waals surface area contributed by atoms with E-state index < -0.39 is 5.82 Å². The van der Waals surface area contributed by atoms with Crippen molar-refractivity contribution in [2.75, 3.05) is 13.1 Å². The Morgan fingerprint density at radius 2 is 1.67 bits per heavy atom. The van der Waals surface area contributed by atoms with Gasteiger partial charge in [0.15, 0.2) is 0 Å². The van der Waals surface area contributed by atoms with E-state index in [2.05, 4.69) is 5.32 Å². The molecular weight excluding hydrogens is 403 g/mol. The van der Waals surface area contributed by atoms with Crippen LogP contribution in [0, 0.1) is 29.0 Å². The molecule has 1 aromatic carbocycles. The summed E-state index contributed by atoms with van der Waals surface area (Å²) in [7, 11) is 0. The molecule has 1 heterocycles. The number of halogens is 2. The molecule has 0 spiro atoms. The van der Waals surface area contributed by atoms with Crippen LogP contribution in [0.5, 0.6) is 0 Å². The van der Waals surface area contributed by atoms with E-state index in [1.807, 2.05) is 0 Å². The molecule has 4 bridgehead atoms. The fourth-order valence-corrected chi connectivity index (χ4v) is 7.46. The van der Waals surface area contributed by atoms with Crippen LogP contribution >= 0.6 is 11.6 Å². The number of piperidine rings is 1. The first-order valence-corrected chi connectivity index (χ1v) is 11.8. The van der Waals surface area contributed by atoms with E-state index in [-0.39, 0.29) is 33.9 Å². The van der Waals surface area contributed by atoms with Gasteiger partial charge in [-0.25, -0.2) is 4.39 Å². The van der Waals surface area contributed by atoms with Gasteiger partial charge in [-0.3, -0.25) is 9.59 Å². The number of hydrogen-bond acceptors (Lipinski definition) is 2. The molecule has 2 amide bonds. The predicted molar refractivity (Wildman–Crippen MR) is 114 cm³/mol. The Bertz CT molecular complexity index is 794. The third-order valence-electron chi connectivity index (χ3n) is 8.02. The van der Waals surface area contributed by atoms with E-state index in [9.17, 15) is 14.0 Å². The van der Waals surface area contributed by atoms with E-state index in [0.717, 1.165) is 17.8 Å². The molecule has 4 saturated carbocycles. The monoisotopic (exact) mass is 432 g/mol. The second-order valence-corrected chi connectivity index (χ2v) is 10.7. The first-order chi connectivity index (χ1) is 14.4. The van der Waals surface area contributed by atoms with Crippen LogP contribution in [0.3, 0.4) is 0 Å². The Labute approximate surface area is 182 Å².